The van der Waals surface area contributed by atoms with E-state index in [0.29, 0.717) is 13.0 Å². The van der Waals surface area contributed by atoms with Crippen LogP contribution < -0.4 is 10.6 Å². The minimum atomic E-state index is -0.246. The highest BCUT2D eigenvalue weighted by Gasteiger charge is 2.11. The van der Waals surface area contributed by atoms with E-state index in [4.69, 9.17) is 0 Å². The van der Waals surface area contributed by atoms with Crippen molar-refractivity contribution in [2.45, 2.75) is 26.3 Å². The number of carbonyl (C=O) groups excluding carboxylic acids is 2. The zero-order chi connectivity index (χ0) is 12.6. The van der Waals surface area contributed by atoms with E-state index in [0.717, 1.165) is 6.54 Å². The first-order chi connectivity index (χ1) is 7.47. The number of nitrogens with zero attached hydrogens (tertiary/aromatic N) is 1. The molecule has 0 radical (unpaired) electrons. The van der Waals surface area contributed by atoms with Gasteiger partial charge in [0, 0.05) is 20.9 Å². The van der Waals surface area contributed by atoms with E-state index in [1.54, 1.807) is 6.92 Å². The number of ketones is 1. The SMILES string of the molecule is CCC(=O)[C@@H](C)NCC(=O)NCCN(C)C.I.I.I.[HH]. The van der Waals surface area contributed by atoms with Gasteiger partial charge in [-0.05, 0) is 21.0 Å². The van der Waals surface area contributed by atoms with Gasteiger partial charge in [0.25, 0.3) is 0 Å². The molecule has 0 saturated carbocycles. The van der Waals surface area contributed by atoms with Gasteiger partial charge in [0.2, 0.25) is 5.91 Å². The van der Waals surface area contributed by atoms with Crippen LogP contribution in [0.3, 0.4) is 0 Å². The smallest absolute Gasteiger partial charge is 0.234 e. The summed E-state index contributed by atoms with van der Waals surface area (Å²) in [5.74, 6) is 0.0543. The van der Waals surface area contributed by atoms with Gasteiger partial charge in [0.05, 0.1) is 12.6 Å². The molecule has 0 heterocycles. The average molecular weight is 615 g/mol. The van der Waals surface area contributed by atoms with Gasteiger partial charge >= 0.3 is 0 Å². The monoisotopic (exact) mass is 615 g/mol. The standard InChI is InChI=1S/C11H23N3O2.3HI.H2/c1-5-10(15)9(2)13-8-11(16)12-6-7-14(3)4;;;;/h9,13H,5-8H2,1-4H3,(H,12,16);4*1H/t9-;;;;/m1..../s1. The Hall–Kier alpha value is 1.25. The number of likely N-dealkylation sites (N-methyl/N-ethyl adjacent to an activating group) is 1. The topological polar surface area (TPSA) is 61.4 Å². The predicted molar refractivity (Wildman–Crippen MR) is 113 cm³/mol. The van der Waals surface area contributed by atoms with E-state index < -0.39 is 0 Å². The molecule has 0 fully saturated rings. The Morgan fingerprint density at radius 2 is 1.74 bits per heavy atom. The first kappa shape index (κ1) is 28.4. The lowest BCUT2D eigenvalue weighted by atomic mass is 10.2. The van der Waals surface area contributed by atoms with Gasteiger partial charge in [0.15, 0.2) is 0 Å². The maximum absolute atomic E-state index is 11.3. The highest BCUT2D eigenvalue weighted by Crippen LogP contribution is 1.88. The molecular weight excluding hydrogens is 587 g/mol. The second-order valence-electron chi connectivity index (χ2n) is 4.08. The first-order valence-corrected chi connectivity index (χ1v) is 5.64. The summed E-state index contributed by atoms with van der Waals surface area (Å²) in [6, 6.07) is -0.246. The largest absolute Gasteiger partial charge is 0.354 e. The average Bonchev–Trinajstić information content (AvgIpc) is 2.24. The molecule has 0 rings (SSSR count). The highest BCUT2D eigenvalue weighted by molar-refractivity contribution is 14.0. The molecular formula is C11H28I3N3O2. The molecule has 0 spiro atoms. The van der Waals surface area contributed by atoms with E-state index in [9.17, 15) is 9.59 Å². The van der Waals surface area contributed by atoms with Crippen molar-refractivity contribution in [2.75, 3.05) is 33.7 Å². The summed E-state index contributed by atoms with van der Waals surface area (Å²) in [5, 5.41) is 5.67. The van der Waals surface area contributed by atoms with Crippen LogP contribution in [0, 0.1) is 0 Å². The molecule has 0 aliphatic heterocycles. The molecule has 1 atom stereocenters. The molecule has 1 amide bonds. The van der Waals surface area contributed by atoms with Crippen LogP contribution in [0.2, 0.25) is 0 Å². The van der Waals surface area contributed by atoms with Gasteiger partial charge in [-0.25, -0.2) is 0 Å². The van der Waals surface area contributed by atoms with Gasteiger partial charge in [-0.1, -0.05) is 6.92 Å². The Morgan fingerprint density at radius 3 is 2.16 bits per heavy atom. The first-order valence-electron chi connectivity index (χ1n) is 5.64. The number of halogens is 3. The Kier molecular flexibility index (Phi) is 25.9. The lowest BCUT2D eigenvalue weighted by Crippen LogP contribution is -2.42. The van der Waals surface area contributed by atoms with Gasteiger partial charge in [-0.3, -0.25) is 14.9 Å². The van der Waals surface area contributed by atoms with Crippen molar-refractivity contribution in [3.8, 4) is 0 Å². The summed E-state index contributed by atoms with van der Waals surface area (Å²) in [4.78, 5) is 24.6. The van der Waals surface area contributed by atoms with Crippen LogP contribution in [0.25, 0.3) is 0 Å². The second-order valence-corrected chi connectivity index (χ2v) is 4.08. The summed E-state index contributed by atoms with van der Waals surface area (Å²) in [6.45, 7) is 5.23. The van der Waals surface area contributed by atoms with Gasteiger partial charge in [0.1, 0.15) is 5.78 Å². The summed E-state index contributed by atoms with van der Waals surface area (Å²) < 4.78 is 0. The van der Waals surface area contributed by atoms with Gasteiger partial charge in [-0.15, -0.1) is 71.9 Å². The maximum Gasteiger partial charge on any atom is 0.234 e. The van der Waals surface area contributed by atoms with Crippen molar-refractivity contribution in [3.63, 3.8) is 0 Å². The Labute approximate surface area is 168 Å². The summed E-state index contributed by atoms with van der Waals surface area (Å²) in [7, 11) is 3.90. The van der Waals surface area contributed by atoms with Crippen molar-refractivity contribution < 1.29 is 11.0 Å². The molecule has 0 unspecified atom stereocenters. The maximum atomic E-state index is 11.3. The minimum absolute atomic E-state index is 0. The number of hydrogen-bond acceptors (Lipinski definition) is 4. The third-order valence-corrected chi connectivity index (χ3v) is 2.28. The number of carbonyl (C=O) groups is 2. The zero-order valence-electron chi connectivity index (χ0n) is 11.9. The van der Waals surface area contributed by atoms with E-state index in [2.05, 4.69) is 10.6 Å². The van der Waals surface area contributed by atoms with Crippen molar-refractivity contribution in [2.24, 2.45) is 0 Å². The fraction of sp³-hybridized carbons (Fsp3) is 0.818. The molecule has 19 heavy (non-hydrogen) atoms. The molecule has 0 aliphatic carbocycles. The molecule has 2 N–H and O–H groups in total. The quantitative estimate of drug-likeness (QED) is 0.409. The van der Waals surface area contributed by atoms with Crippen LogP contribution in [-0.2, 0) is 9.59 Å². The molecule has 0 aromatic rings. The van der Waals surface area contributed by atoms with Crippen LogP contribution in [-0.4, -0.2) is 56.4 Å². The molecule has 0 aliphatic rings. The lowest BCUT2D eigenvalue weighted by molar-refractivity contribution is -0.121. The number of amides is 1. The molecule has 0 aromatic heterocycles. The molecule has 5 nitrogen and oxygen atoms in total. The van der Waals surface area contributed by atoms with Crippen molar-refractivity contribution >= 4 is 83.6 Å². The van der Waals surface area contributed by atoms with Crippen LogP contribution >= 0.6 is 71.9 Å². The van der Waals surface area contributed by atoms with Crippen LogP contribution in [0.1, 0.15) is 21.7 Å². The van der Waals surface area contributed by atoms with E-state index >= 15 is 0 Å². The molecule has 0 aromatic carbocycles. The highest BCUT2D eigenvalue weighted by atomic mass is 127. The normalized spacial score (nSPS) is 10.6. The Bertz CT molecular complexity index is 247. The fourth-order valence-electron chi connectivity index (χ4n) is 1.15. The fourth-order valence-corrected chi connectivity index (χ4v) is 1.15. The number of hydrogen-bond donors (Lipinski definition) is 2. The van der Waals surface area contributed by atoms with Crippen LogP contribution in [0.15, 0.2) is 0 Å². The predicted octanol–water partition coefficient (Wildman–Crippen LogP) is 1.72. The summed E-state index contributed by atoms with van der Waals surface area (Å²) >= 11 is 0. The van der Waals surface area contributed by atoms with Crippen molar-refractivity contribution in [1.29, 1.82) is 0 Å². The third-order valence-electron chi connectivity index (χ3n) is 2.28. The van der Waals surface area contributed by atoms with Crippen molar-refractivity contribution in [3.05, 3.63) is 0 Å². The van der Waals surface area contributed by atoms with E-state index in [1.165, 1.54) is 0 Å². The Morgan fingerprint density at radius 1 is 1.21 bits per heavy atom. The zero-order valence-corrected chi connectivity index (χ0v) is 18.9. The molecule has 120 valence electrons. The molecule has 0 bridgehead atoms. The minimum Gasteiger partial charge on any atom is -0.354 e. The summed E-state index contributed by atoms with van der Waals surface area (Å²) in [6.07, 6.45) is 0.496. The van der Waals surface area contributed by atoms with Gasteiger partial charge in [-0.2, -0.15) is 0 Å². The van der Waals surface area contributed by atoms with Gasteiger partial charge < -0.3 is 10.2 Å². The van der Waals surface area contributed by atoms with Crippen LogP contribution in [0.5, 0.6) is 0 Å². The van der Waals surface area contributed by atoms with E-state index in [-0.39, 0.29) is 97.6 Å². The lowest BCUT2D eigenvalue weighted by Gasteiger charge is -2.13. The number of Topliss-reactive ketones (excluding diaryl/α,β-unsaturated/α-hetero) is 1. The van der Waals surface area contributed by atoms with Crippen LogP contribution in [0.4, 0.5) is 0 Å². The summed E-state index contributed by atoms with van der Waals surface area (Å²) in [5.41, 5.74) is 0. The number of nitrogens with one attached hydrogen (secondary N) is 2. The van der Waals surface area contributed by atoms with E-state index in [1.807, 2.05) is 25.9 Å². The molecule has 8 heteroatoms. The second kappa shape index (κ2) is 17.3. The number of rotatable bonds is 8. The third kappa shape index (κ3) is 17.2. The van der Waals surface area contributed by atoms with Crippen molar-refractivity contribution in [1.82, 2.24) is 15.5 Å². The Balaban J connectivity index is -0.000000187. The molecule has 0 saturated heterocycles.